The Hall–Kier alpha value is -2.94. The van der Waals surface area contributed by atoms with Crippen LogP contribution in [0.25, 0.3) is 21.9 Å². The van der Waals surface area contributed by atoms with Crippen LogP contribution in [0.2, 0.25) is 0 Å². The topological polar surface area (TPSA) is 57.7 Å². The lowest BCUT2D eigenvalue weighted by Crippen LogP contribution is -2.12. The standard InChI is InChI=1S/C18H15F4N5.ClH/c1-9-3-5-11-15(16(9)19)13(8-24-11)26-17-25-12-7-10(18(20,21)22)4-6-14(12)27(17)23-2;/h3-8,23-24H,1-2H3,(H,25,26);1H. The van der Waals surface area contributed by atoms with E-state index in [1.54, 1.807) is 32.3 Å². The van der Waals surface area contributed by atoms with Crippen LogP contribution in [-0.2, 0) is 6.18 Å². The van der Waals surface area contributed by atoms with Crippen molar-refractivity contribution in [2.45, 2.75) is 13.1 Å². The summed E-state index contributed by atoms with van der Waals surface area (Å²) in [5.74, 6) is -0.128. The summed E-state index contributed by atoms with van der Waals surface area (Å²) < 4.78 is 54.9. The van der Waals surface area contributed by atoms with Crippen LogP contribution >= 0.6 is 12.4 Å². The zero-order chi connectivity index (χ0) is 19.3. The molecule has 0 aliphatic heterocycles. The predicted octanol–water partition coefficient (Wildman–Crippen LogP) is 5.32. The van der Waals surface area contributed by atoms with Gasteiger partial charge in [-0.3, -0.25) is 0 Å². The Morgan fingerprint density at radius 3 is 2.57 bits per heavy atom. The molecule has 28 heavy (non-hydrogen) atoms. The smallest absolute Gasteiger partial charge is 0.359 e. The first-order valence-corrected chi connectivity index (χ1v) is 8.10. The van der Waals surface area contributed by atoms with Gasteiger partial charge in [0, 0.05) is 13.2 Å². The molecule has 0 saturated carbocycles. The van der Waals surface area contributed by atoms with Crippen molar-refractivity contribution in [1.82, 2.24) is 14.6 Å². The predicted molar refractivity (Wildman–Crippen MR) is 104 cm³/mol. The molecular formula is C18H16ClF4N5. The number of nitrogens with one attached hydrogen (secondary N) is 3. The number of benzene rings is 2. The van der Waals surface area contributed by atoms with Crippen molar-refractivity contribution in [2.24, 2.45) is 0 Å². The van der Waals surface area contributed by atoms with E-state index in [1.807, 2.05) is 0 Å². The summed E-state index contributed by atoms with van der Waals surface area (Å²) in [7, 11) is 1.62. The molecule has 0 atom stereocenters. The quantitative estimate of drug-likeness (QED) is 0.398. The molecule has 0 bridgehead atoms. The number of rotatable bonds is 3. The number of alkyl halides is 3. The minimum atomic E-state index is -4.46. The summed E-state index contributed by atoms with van der Waals surface area (Å²) in [4.78, 5) is 7.21. The van der Waals surface area contributed by atoms with E-state index in [-0.39, 0.29) is 29.7 Å². The number of hydrogen-bond acceptors (Lipinski definition) is 3. The maximum absolute atomic E-state index is 14.5. The van der Waals surface area contributed by atoms with Crippen molar-refractivity contribution in [3.05, 3.63) is 53.5 Å². The molecule has 0 aliphatic rings. The van der Waals surface area contributed by atoms with Crippen LogP contribution in [0.3, 0.4) is 0 Å². The molecule has 148 valence electrons. The van der Waals surface area contributed by atoms with Crippen molar-refractivity contribution in [3.8, 4) is 0 Å². The highest BCUT2D eigenvalue weighted by Gasteiger charge is 2.31. The number of nitrogens with zero attached hydrogens (tertiary/aromatic N) is 2. The zero-order valence-electron chi connectivity index (χ0n) is 14.8. The van der Waals surface area contributed by atoms with E-state index in [9.17, 15) is 17.6 Å². The van der Waals surface area contributed by atoms with E-state index in [0.29, 0.717) is 27.7 Å². The molecule has 2 aromatic heterocycles. The van der Waals surface area contributed by atoms with Gasteiger partial charge in [0.15, 0.2) is 0 Å². The van der Waals surface area contributed by atoms with Crippen LogP contribution < -0.4 is 10.7 Å². The number of H-pyrrole nitrogens is 1. The number of hydrogen-bond donors (Lipinski definition) is 3. The molecule has 2 aromatic carbocycles. The summed E-state index contributed by atoms with van der Waals surface area (Å²) in [5, 5.41) is 3.36. The fraction of sp³-hybridized carbons (Fsp3) is 0.167. The number of aromatic nitrogens is 3. The SMILES string of the molecule is CNn1c(Nc2c[nH]c3ccc(C)c(F)c23)nc2cc(C(F)(F)F)ccc21.Cl. The van der Waals surface area contributed by atoms with Gasteiger partial charge in [-0.2, -0.15) is 13.2 Å². The van der Waals surface area contributed by atoms with Crippen LogP contribution in [0.4, 0.5) is 29.2 Å². The largest absolute Gasteiger partial charge is 0.416 e. The molecule has 10 heteroatoms. The number of aromatic amines is 1. The van der Waals surface area contributed by atoms with E-state index >= 15 is 0 Å². The van der Waals surface area contributed by atoms with Crippen molar-refractivity contribution in [1.29, 1.82) is 0 Å². The lowest BCUT2D eigenvalue weighted by Gasteiger charge is -2.10. The van der Waals surface area contributed by atoms with Gasteiger partial charge >= 0.3 is 6.18 Å². The Labute approximate surface area is 163 Å². The lowest BCUT2D eigenvalue weighted by atomic mass is 10.1. The third kappa shape index (κ3) is 3.11. The zero-order valence-corrected chi connectivity index (χ0v) is 15.6. The van der Waals surface area contributed by atoms with Gasteiger partial charge in [0.1, 0.15) is 5.82 Å². The van der Waals surface area contributed by atoms with Gasteiger partial charge in [-0.05, 0) is 36.8 Å². The third-order valence-electron chi connectivity index (χ3n) is 4.43. The van der Waals surface area contributed by atoms with Gasteiger partial charge < -0.3 is 15.7 Å². The van der Waals surface area contributed by atoms with Crippen molar-refractivity contribution in [2.75, 3.05) is 17.8 Å². The highest BCUT2D eigenvalue weighted by atomic mass is 35.5. The fourth-order valence-electron chi connectivity index (χ4n) is 3.07. The number of halogens is 5. The lowest BCUT2D eigenvalue weighted by molar-refractivity contribution is -0.137. The first kappa shape index (κ1) is 19.8. The normalized spacial score (nSPS) is 11.6. The molecule has 0 saturated heterocycles. The van der Waals surface area contributed by atoms with E-state index in [0.717, 1.165) is 12.1 Å². The van der Waals surface area contributed by atoms with Crippen LogP contribution in [-0.4, -0.2) is 21.7 Å². The van der Waals surface area contributed by atoms with E-state index < -0.39 is 11.7 Å². The molecule has 2 heterocycles. The second-order valence-electron chi connectivity index (χ2n) is 6.14. The molecule has 0 unspecified atom stereocenters. The molecule has 4 rings (SSSR count). The van der Waals surface area contributed by atoms with Crippen molar-refractivity contribution >= 4 is 46.0 Å². The molecule has 0 spiro atoms. The Bertz CT molecular complexity index is 1160. The maximum atomic E-state index is 14.5. The fourth-order valence-corrected chi connectivity index (χ4v) is 3.07. The van der Waals surface area contributed by atoms with E-state index in [4.69, 9.17) is 0 Å². The highest BCUT2D eigenvalue weighted by molar-refractivity contribution is 5.95. The molecule has 5 nitrogen and oxygen atoms in total. The first-order valence-electron chi connectivity index (χ1n) is 8.10. The second kappa shape index (κ2) is 6.90. The van der Waals surface area contributed by atoms with Crippen LogP contribution in [0.1, 0.15) is 11.1 Å². The van der Waals surface area contributed by atoms with Crippen LogP contribution in [0.5, 0.6) is 0 Å². The first-order chi connectivity index (χ1) is 12.8. The summed E-state index contributed by atoms with van der Waals surface area (Å²) in [6.45, 7) is 1.66. The number of imidazole rings is 1. The minimum Gasteiger partial charge on any atom is -0.359 e. The van der Waals surface area contributed by atoms with Crippen LogP contribution in [0.15, 0.2) is 36.5 Å². The number of anilines is 2. The minimum absolute atomic E-state index is 0. The third-order valence-corrected chi connectivity index (χ3v) is 4.43. The summed E-state index contributed by atoms with van der Waals surface area (Å²) >= 11 is 0. The van der Waals surface area contributed by atoms with Gasteiger partial charge in [0.25, 0.3) is 0 Å². The van der Waals surface area contributed by atoms with E-state index in [2.05, 4.69) is 20.7 Å². The van der Waals surface area contributed by atoms with Crippen molar-refractivity contribution < 1.29 is 17.6 Å². The number of aryl methyl sites for hydroxylation is 1. The Balaban J connectivity index is 0.00000225. The average molecular weight is 414 g/mol. The summed E-state index contributed by atoms with van der Waals surface area (Å²) in [5.41, 5.74) is 4.25. The van der Waals surface area contributed by atoms with Gasteiger partial charge in [0.05, 0.1) is 33.2 Å². The Morgan fingerprint density at radius 1 is 1.14 bits per heavy atom. The van der Waals surface area contributed by atoms with Gasteiger partial charge in [-0.25, -0.2) is 14.1 Å². The molecular weight excluding hydrogens is 398 g/mol. The molecule has 4 aromatic rings. The molecule has 0 radical (unpaired) electrons. The Kier molecular flexibility index (Phi) is 4.88. The number of fused-ring (bicyclic) bond motifs is 2. The Morgan fingerprint density at radius 2 is 1.89 bits per heavy atom. The maximum Gasteiger partial charge on any atom is 0.416 e. The molecule has 0 fully saturated rings. The summed E-state index contributed by atoms with van der Waals surface area (Å²) in [6, 6.07) is 6.74. The average Bonchev–Trinajstić information content (AvgIpc) is 3.18. The van der Waals surface area contributed by atoms with Crippen molar-refractivity contribution in [3.63, 3.8) is 0 Å². The molecule has 3 N–H and O–H groups in total. The monoisotopic (exact) mass is 413 g/mol. The van der Waals surface area contributed by atoms with E-state index in [1.165, 1.54) is 10.7 Å². The van der Waals surface area contributed by atoms with Gasteiger partial charge in [-0.1, -0.05) is 6.07 Å². The highest BCUT2D eigenvalue weighted by Crippen LogP contribution is 2.34. The van der Waals surface area contributed by atoms with Crippen LogP contribution in [0, 0.1) is 12.7 Å². The van der Waals surface area contributed by atoms with Gasteiger partial charge in [0.2, 0.25) is 5.95 Å². The molecule has 0 aliphatic carbocycles. The second-order valence-corrected chi connectivity index (χ2v) is 6.14. The molecule has 0 amide bonds. The van der Waals surface area contributed by atoms with Gasteiger partial charge in [-0.15, -0.1) is 12.4 Å². The summed E-state index contributed by atoms with van der Waals surface area (Å²) in [6.07, 6.45) is -2.86.